The Labute approximate surface area is 258 Å². The maximum Gasteiger partial charge on any atom is 0.335 e. The lowest BCUT2D eigenvalue weighted by atomic mass is 10.1. The van der Waals surface area contributed by atoms with Gasteiger partial charge in [0.1, 0.15) is 23.7 Å². The lowest BCUT2D eigenvalue weighted by Gasteiger charge is -2.26. The van der Waals surface area contributed by atoms with Gasteiger partial charge in [-0.05, 0) is 84.8 Å². The van der Waals surface area contributed by atoms with Gasteiger partial charge in [0.2, 0.25) is 0 Å². The van der Waals surface area contributed by atoms with E-state index in [0.29, 0.717) is 23.6 Å². The number of hydrogen-bond donors (Lipinski definition) is 2. The van der Waals surface area contributed by atoms with Gasteiger partial charge in [0, 0.05) is 5.69 Å². The number of ether oxygens (including phenoxy) is 3. The van der Waals surface area contributed by atoms with Gasteiger partial charge in [-0.25, -0.2) is 14.1 Å². The Balaban J connectivity index is 1.28. The summed E-state index contributed by atoms with van der Waals surface area (Å²) in [5.74, 6) is -1.50. The first-order chi connectivity index (χ1) is 21.8. The number of barbiturate groups is 1. The van der Waals surface area contributed by atoms with E-state index in [2.05, 4.69) is 10.6 Å². The summed E-state index contributed by atoms with van der Waals surface area (Å²) >= 11 is 0. The number of carbonyl (C=O) groups excluding carboxylic acids is 4. The Morgan fingerprint density at radius 3 is 2.31 bits per heavy atom. The van der Waals surface area contributed by atoms with E-state index in [1.807, 2.05) is 30.3 Å². The summed E-state index contributed by atoms with van der Waals surface area (Å²) in [7, 11) is 0. The molecule has 0 unspecified atom stereocenters. The summed E-state index contributed by atoms with van der Waals surface area (Å²) in [6.07, 6.45) is 1.34. The van der Waals surface area contributed by atoms with Gasteiger partial charge in [0.25, 0.3) is 17.7 Å². The molecular formula is C34H28FN3O7. The zero-order valence-corrected chi connectivity index (χ0v) is 24.1. The smallest absolute Gasteiger partial charge is 0.335 e. The van der Waals surface area contributed by atoms with Crippen molar-refractivity contribution in [3.63, 3.8) is 0 Å². The molecule has 1 saturated heterocycles. The highest BCUT2D eigenvalue weighted by Gasteiger charge is 2.36. The van der Waals surface area contributed by atoms with Crippen LogP contribution in [-0.4, -0.2) is 37.0 Å². The Morgan fingerprint density at radius 1 is 0.867 bits per heavy atom. The van der Waals surface area contributed by atoms with E-state index >= 15 is 0 Å². The van der Waals surface area contributed by atoms with Crippen LogP contribution in [0.15, 0.2) is 103 Å². The first-order valence-electron chi connectivity index (χ1n) is 13.9. The van der Waals surface area contributed by atoms with Crippen molar-refractivity contribution in [1.82, 2.24) is 5.32 Å². The van der Waals surface area contributed by atoms with E-state index in [1.54, 1.807) is 43.3 Å². The molecule has 0 saturated carbocycles. The second-order valence-electron chi connectivity index (χ2n) is 9.71. The van der Waals surface area contributed by atoms with Gasteiger partial charge in [-0.15, -0.1) is 0 Å². The summed E-state index contributed by atoms with van der Waals surface area (Å²) in [5.41, 5.74) is 1.79. The normalized spacial score (nSPS) is 13.8. The number of nitrogens with zero attached hydrogens (tertiary/aromatic N) is 1. The highest BCUT2D eigenvalue weighted by molar-refractivity contribution is 6.39. The van der Waals surface area contributed by atoms with Crippen molar-refractivity contribution in [2.24, 2.45) is 0 Å². The molecule has 228 valence electrons. The average molecular weight is 610 g/mol. The van der Waals surface area contributed by atoms with Gasteiger partial charge in [-0.3, -0.25) is 19.7 Å². The molecule has 4 aromatic carbocycles. The minimum absolute atomic E-state index is 0.249. The molecule has 0 spiro atoms. The minimum atomic E-state index is -0.877. The topological polar surface area (TPSA) is 123 Å². The van der Waals surface area contributed by atoms with Crippen LogP contribution in [0.1, 0.15) is 18.1 Å². The van der Waals surface area contributed by atoms with Crippen molar-refractivity contribution in [1.29, 1.82) is 0 Å². The number of imide groups is 2. The van der Waals surface area contributed by atoms with Crippen LogP contribution in [0.2, 0.25) is 0 Å². The maximum absolute atomic E-state index is 13.4. The van der Waals surface area contributed by atoms with Crippen molar-refractivity contribution < 1.29 is 37.8 Å². The predicted molar refractivity (Wildman–Crippen MR) is 164 cm³/mol. The Hall–Kier alpha value is -5.97. The number of rotatable bonds is 11. The number of anilines is 2. The van der Waals surface area contributed by atoms with Crippen molar-refractivity contribution in [2.45, 2.75) is 13.5 Å². The Kier molecular flexibility index (Phi) is 9.49. The third-order valence-electron chi connectivity index (χ3n) is 6.51. The van der Waals surface area contributed by atoms with Gasteiger partial charge in [-0.2, -0.15) is 0 Å². The number of halogens is 1. The van der Waals surface area contributed by atoms with Crippen molar-refractivity contribution in [3.8, 4) is 17.2 Å². The summed E-state index contributed by atoms with van der Waals surface area (Å²) in [6, 6.07) is 25.0. The highest BCUT2D eigenvalue weighted by Crippen LogP contribution is 2.31. The fourth-order valence-corrected chi connectivity index (χ4v) is 4.37. The zero-order valence-electron chi connectivity index (χ0n) is 24.1. The third-order valence-corrected chi connectivity index (χ3v) is 6.51. The molecule has 0 aromatic heterocycles. The van der Waals surface area contributed by atoms with Crippen LogP contribution in [0.3, 0.4) is 0 Å². The number of carbonyl (C=O) groups is 4. The minimum Gasteiger partial charge on any atom is -0.490 e. The maximum atomic E-state index is 13.4. The molecule has 4 aromatic rings. The number of urea groups is 1. The van der Waals surface area contributed by atoms with E-state index in [9.17, 15) is 23.6 Å². The van der Waals surface area contributed by atoms with Gasteiger partial charge >= 0.3 is 6.03 Å². The number of nitrogens with one attached hydrogen (secondary N) is 2. The van der Waals surface area contributed by atoms with E-state index in [1.165, 1.54) is 36.4 Å². The Morgan fingerprint density at radius 2 is 1.60 bits per heavy atom. The monoisotopic (exact) mass is 609 g/mol. The van der Waals surface area contributed by atoms with Crippen molar-refractivity contribution >= 4 is 41.2 Å². The summed E-state index contributed by atoms with van der Waals surface area (Å²) < 4.78 is 30.2. The quantitative estimate of drug-likeness (QED) is 0.170. The molecule has 5 amide bonds. The second-order valence-corrected chi connectivity index (χ2v) is 9.71. The highest BCUT2D eigenvalue weighted by atomic mass is 19.1. The average Bonchev–Trinajstić information content (AvgIpc) is 3.04. The molecule has 0 radical (unpaired) electrons. The fraction of sp³-hybridized carbons (Fsp3) is 0.118. The number of benzene rings is 4. The van der Waals surface area contributed by atoms with Crippen molar-refractivity contribution in [3.05, 3.63) is 120 Å². The van der Waals surface area contributed by atoms with E-state index in [-0.39, 0.29) is 36.0 Å². The van der Waals surface area contributed by atoms with E-state index in [0.717, 1.165) is 10.5 Å². The largest absolute Gasteiger partial charge is 0.490 e. The van der Waals surface area contributed by atoms with Gasteiger partial charge in [-0.1, -0.05) is 36.4 Å². The Bertz CT molecular complexity index is 1740. The molecule has 1 aliphatic heterocycles. The van der Waals surface area contributed by atoms with Gasteiger partial charge in [0.05, 0.1) is 12.3 Å². The van der Waals surface area contributed by atoms with Crippen LogP contribution in [-0.2, 0) is 21.0 Å². The molecule has 0 aliphatic carbocycles. The lowest BCUT2D eigenvalue weighted by Crippen LogP contribution is -2.54. The number of hydrogen-bond acceptors (Lipinski definition) is 7. The van der Waals surface area contributed by atoms with Crippen LogP contribution in [0.4, 0.5) is 20.6 Å². The number of amides is 5. The van der Waals surface area contributed by atoms with Crippen LogP contribution in [0.25, 0.3) is 6.08 Å². The standard InChI is InChI=1S/C34H28FN3O7/c1-2-43-30-19-23(8-17-29(30)45-21-31(39)36-25-11-9-24(35)10-12-25)18-28-32(40)37-34(42)38(33(28)41)26-13-15-27(16-14-26)44-20-22-6-4-3-5-7-22/h3-19H,2,20-21H2,1H3,(H,36,39)(H,37,40,42)/b28-18-. The summed E-state index contributed by atoms with van der Waals surface area (Å²) in [6.45, 7) is 2.02. The van der Waals surface area contributed by atoms with Crippen LogP contribution < -0.4 is 29.7 Å². The SMILES string of the molecule is CCOc1cc(/C=C2/C(=O)NC(=O)N(c3ccc(OCc4ccccc4)cc3)C2=O)ccc1OCC(=O)Nc1ccc(F)cc1. The third kappa shape index (κ3) is 7.71. The summed E-state index contributed by atoms with van der Waals surface area (Å²) in [5, 5.41) is 4.80. The van der Waals surface area contributed by atoms with Crippen molar-refractivity contribution in [2.75, 3.05) is 23.4 Å². The first kappa shape index (κ1) is 30.5. The molecule has 1 heterocycles. The zero-order chi connectivity index (χ0) is 31.8. The van der Waals surface area contributed by atoms with Gasteiger partial charge < -0.3 is 19.5 Å². The molecule has 45 heavy (non-hydrogen) atoms. The molecule has 2 N–H and O–H groups in total. The van der Waals surface area contributed by atoms with E-state index in [4.69, 9.17) is 14.2 Å². The molecule has 1 aliphatic rings. The predicted octanol–water partition coefficient (Wildman–Crippen LogP) is 5.49. The van der Waals surface area contributed by atoms with E-state index < -0.39 is 29.6 Å². The fourth-order valence-electron chi connectivity index (χ4n) is 4.37. The molecule has 5 rings (SSSR count). The lowest BCUT2D eigenvalue weighted by molar-refractivity contribution is -0.122. The van der Waals surface area contributed by atoms with Crippen LogP contribution in [0, 0.1) is 5.82 Å². The van der Waals surface area contributed by atoms with Crippen LogP contribution in [0.5, 0.6) is 17.2 Å². The second kappa shape index (κ2) is 14.0. The molecule has 1 fully saturated rings. The molecule has 0 bridgehead atoms. The molecule has 0 atom stereocenters. The molecule has 11 heteroatoms. The molecule has 10 nitrogen and oxygen atoms in total. The van der Waals surface area contributed by atoms with Gasteiger partial charge in [0.15, 0.2) is 18.1 Å². The summed E-state index contributed by atoms with van der Waals surface area (Å²) in [4.78, 5) is 52.0. The first-order valence-corrected chi connectivity index (χ1v) is 13.9. The molecular weight excluding hydrogens is 581 g/mol. The van der Waals surface area contributed by atoms with Crippen LogP contribution >= 0.6 is 0 Å².